The maximum Gasteiger partial charge on any atom is 0.270 e. The first-order chi connectivity index (χ1) is 12.7. The first-order valence-electron chi connectivity index (χ1n) is 9.63. The molecule has 5 rings (SSSR count). The third-order valence-electron chi connectivity index (χ3n) is 5.85. The highest BCUT2D eigenvalue weighted by molar-refractivity contribution is 5.95. The number of aromatic nitrogens is 1. The summed E-state index contributed by atoms with van der Waals surface area (Å²) < 4.78 is 6.00. The molecule has 1 amide bonds. The average molecular weight is 355 g/mol. The van der Waals surface area contributed by atoms with Gasteiger partial charge in [-0.2, -0.15) is 0 Å². The summed E-state index contributed by atoms with van der Waals surface area (Å²) in [5.41, 5.74) is 1.16. The molecule has 2 aromatic heterocycles. The van der Waals surface area contributed by atoms with Crippen LogP contribution in [0.5, 0.6) is 0 Å². The molecule has 3 atom stereocenters. The molecule has 3 fully saturated rings. The van der Waals surface area contributed by atoms with Crippen molar-refractivity contribution >= 4 is 22.8 Å². The number of amides is 1. The van der Waals surface area contributed by atoms with Gasteiger partial charge in [0.1, 0.15) is 11.3 Å². The van der Waals surface area contributed by atoms with Crippen LogP contribution in [0, 0.1) is 5.92 Å². The molecule has 2 N–H and O–H groups in total. The van der Waals surface area contributed by atoms with Gasteiger partial charge >= 0.3 is 0 Å². The van der Waals surface area contributed by atoms with Crippen molar-refractivity contribution in [2.75, 3.05) is 50.7 Å². The molecule has 2 aromatic rings. The number of nitrogens with zero attached hydrogens (tertiary/aromatic N) is 3. The van der Waals surface area contributed by atoms with Gasteiger partial charge in [-0.1, -0.05) is 0 Å². The van der Waals surface area contributed by atoms with Crippen molar-refractivity contribution in [1.29, 1.82) is 0 Å². The smallest absolute Gasteiger partial charge is 0.270 e. The second-order valence-electron chi connectivity index (χ2n) is 7.75. The molecular weight excluding hydrogens is 330 g/mol. The van der Waals surface area contributed by atoms with Crippen LogP contribution in [0.25, 0.3) is 11.0 Å². The summed E-state index contributed by atoms with van der Waals surface area (Å²) in [6.45, 7) is 7.10. The molecular formula is C19H25N5O2. The predicted octanol–water partition coefficient (Wildman–Crippen LogP) is 1.06. The lowest BCUT2D eigenvalue weighted by Crippen LogP contribution is -2.47. The zero-order valence-corrected chi connectivity index (χ0v) is 14.9. The molecule has 0 spiro atoms. The number of piperidine rings is 1. The summed E-state index contributed by atoms with van der Waals surface area (Å²) in [7, 11) is 0. The van der Waals surface area contributed by atoms with E-state index in [4.69, 9.17) is 4.42 Å². The number of furan rings is 1. The Bertz CT molecular complexity index is 801. The maximum absolute atomic E-state index is 12.6. The minimum atomic E-state index is -0.0977. The number of pyridine rings is 1. The molecule has 138 valence electrons. The first-order valence-corrected chi connectivity index (χ1v) is 9.63. The van der Waals surface area contributed by atoms with E-state index in [0.717, 1.165) is 61.9 Å². The molecule has 0 aliphatic carbocycles. The quantitative estimate of drug-likeness (QED) is 0.858. The zero-order chi connectivity index (χ0) is 17.5. The number of hydrogen-bond donors (Lipinski definition) is 2. The summed E-state index contributed by atoms with van der Waals surface area (Å²) in [5, 5.41) is 7.45. The van der Waals surface area contributed by atoms with Crippen LogP contribution in [0.1, 0.15) is 23.3 Å². The van der Waals surface area contributed by atoms with E-state index < -0.39 is 0 Å². The molecule has 7 nitrogen and oxygen atoms in total. The van der Waals surface area contributed by atoms with Crippen molar-refractivity contribution in [1.82, 2.24) is 20.5 Å². The van der Waals surface area contributed by atoms with Gasteiger partial charge in [0.2, 0.25) is 0 Å². The monoisotopic (exact) mass is 355 g/mol. The van der Waals surface area contributed by atoms with E-state index in [1.165, 1.54) is 19.5 Å². The second-order valence-corrected chi connectivity index (χ2v) is 7.75. The Morgan fingerprint density at radius 3 is 2.96 bits per heavy atom. The molecule has 0 aromatic carbocycles. The van der Waals surface area contributed by atoms with Crippen LogP contribution in [0.2, 0.25) is 0 Å². The average Bonchev–Trinajstić information content (AvgIpc) is 3.24. The van der Waals surface area contributed by atoms with Crippen LogP contribution in [0.15, 0.2) is 22.7 Å². The minimum absolute atomic E-state index is 0.0977. The molecule has 7 heteroatoms. The van der Waals surface area contributed by atoms with Crippen molar-refractivity contribution < 1.29 is 9.21 Å². The Morgan fingerprint density at radius 2 is 2.12 bits per heavy atom. The number of hydrogen-bond acceptors (Lipinski definition) is 6. The number of fused-ring (bicyclic) bond motifs is 3. The Balaban J connectivity index is 1.31. The van der Waals surface area contributed by atoms with Crippen LogP contribution >= 0.6 is 0 Å². The lowest BCUT2D eigenvalue weighted by Gasteiger charge is -2.30. The molecule has 0 radical (unpaired) electrons. The fraction of sp³-hybridized carbons (Fsp3) is 0.579. The first kappa shape index (κ1) is 16.1. The van der Waals surface area contributed by atoms with Crippen molar-refractivity contribution in [3.8, 4) is 0 Å². The van der Waals surface area contributed by atoms with Crippen molar-refractivity contribution in [3.63, 3.8) is 0 Å². The third kappa shape index (κ3) is 3.05. The number of anilines is 1. The fourth-order valence-corrected chi connectivity index (χ4v) is 4.51. The highest BCUT2D eigenvalue weighted by Gasteiger charge is 2.33. The van der Waals surface area contributed by atoms with Gasteiger partial charge in [-0.25, -0.2) is 0 Å². The maximum atomic E-state index is 12.6. The number of carbonyl (C=O) groups excluding carboxylic acids is 1. The molecule has 0 saturated carbocycles. The van der Waals surface area contributed by atoms with Gasteiger partial charge in [0.15, 0.2) is 5.88 Å². The van der Waals surface area contributed by atoms with Gasteiger partial charge in [0, 0.05) is 69.0 Å². The summed E-state index contributed by atoms with van der Waals surface area (Å²) in [4.78, 5) is 21.7. The van der Waals surface area contributed by atoms with Gasteiger partial charge in [0.25, 0.3) is 5.91 Å². The number of piperazine rings is 1. The summed E-state index contributed by atoms with van der Waals surface area (Å²) in [6.07, 6.45) is 4.09. The van der Waals surface area contributed by atoms with Crippen LogP contribution in [0.4, 0.5) is 5.88 Å². The minimum Gasteiger partial charge on any atom is -0.440 e. The van der Waals surface area contributed by atoms with E-state index in [2.05, 4.69) is 25.4 Å². The molecule has 2 bridgehead atoms. The van der Waals surface area contributed by atoms with Crippen LogP contribution in [-0.4, -0.2) is 67.6 Å². The van der Waals surface area contributed by atoms with Crippen molar-refractivity contribution in [2.45, 2.75) is 18.9 Å². The number of nitrogens with one attached hydrogen (secondary N) is 2. The highest BCUT2D eigenvalue weighted by Crippen LogP contribution is 2.28. The van der Waals surface area contributed by atoms with Gasteiger partial charge < -0.3 is 24.9 Å². The zero-order valence-electron chi connectivity index (χ0n) is 14.9. The van der Waals surface area contributed by atoms with Crippen LogP contribution < -0.4 is 15.5 Å². The number of rotatable bonds is 3. The van der Waals surface area contributed by atoms with E-state index in [0.29, 0.717) is 5.69 Å². The van der Waals surface area contributed by atoms with Gasteiger partial charge in [-0.3, -0.25) is 9.78 Å². The van der Waals surface area contributed by atoms with E-state index in [-0.39, 0.29) is 11.9 Å². The largest absolute Gasteiger partial charge is 0.440 e. The van der Waals surface area contributed by atoms with E-state index >= 15 is 0 Å². The second kappa shape index (κ2) is 6.55. The Labute approximate surface area is 152 Å². The Hall–Kier alpha value is -2.12. The van der Waals surface area contributed by atoms with Gasteiger partial charge in [-0.05, 0) is 25.3 Å². The molecule has 3 unspecified atom stereocenters. The molecule has 5 heterocycles. The topological polar surface area (TPSA) is 73.6 Å². The molecule has 3 saturated heterocycles. The molecule has 26 heavy (non-hydrogen) atoms. The summed E-state index contributed by atoms with van der Waals surface area (Å²) in [6, 6.07) is 4.02. The lowest BCUT2D eigenvalue weighted by molar-refractivity contribution is 0.0904. The standard InChI is InChI=1S/C19H25N5O2/c25-19(22-15-7-13-1-4-23(11-13)12-15)16-9-17-14(10-21-16)8-18(26-17)24-5-2-20-3-6-24/h8-10,13,15,20H,1-7,11-12H2,(H,22,25). The highest BCUT2D eigenvalue weighted by atomic mass is 16.4. The van der Waals surface area contributed by atoms with Gasteiger partial charge in [0.05, 0.1) is 0 Å². The molecule has 3 aliphatic heterocycles. The third-order valence-corrected chi connectivity index (χ3v) is 5.85. The lowest BCUT2D eigenvalue weighted by atomic mass is 9.97. The SMILES string of the molecule is O=C(NC1CC2CCN(C2)C1)c1cc2oc(N3CCNCC3)cc2cn1. The van der Waals surface area contributed by atoms with E-state index in [1.54, 1.807) is 12.3 Å². The predicted molar refractivity (Wildman–Crippen MR) is 99.5 cm³/mol. The van der Waals surface area contributed by atoms with E-state index in [1.807, 2.05) is 6.07 Å². The van der Waals surface area contributed by atoms with E-state index in [9.17, 15) is 4.79 Å². The number of carbonyl (C=O) groups is 1. The Morgan fingerprint density at radius 1 is 1.23 bits per heavy atom. The van der Waals surface area contributed by atoms with Gasteiger partial charge in [-0.15, -0.1) is 0 Å². The normalized spacial score (nSPS) is 28.5. The van der Waals surface area contributed by atoms with Crippen molar-refractivity contribution in [3.05, 3.63) is 24.0 Å². The van der Waals surface area contributed by atoms with Crippen LogP contribution in [-0.2, 0) is 0 Å². The molecule has 3 aliphatic rings. The Kier molecular flexibility index (Phi) is 4.05. The summed E-state index contributed by atoms with van der Waals surface area (Å²) >= 11 is 0. The van der Waals surface area contributed by atoms with Crippen molar-refractivity contribution in [2.24, 2.45) is 5.92 Å². The summed E-state index contributed by atoms with van der Waals surface area (Å²) in [5.74, 6) is 1.49. The van der Waals surface area contributed by atoms with Crippen LogP contribution in [0.3, 0.4) is 0 Å². The fourth-order valence-electron chi connectivity index (χ4n) is 4.51.